The fraction of sp³-hybridized carbons (Fsp3) is 0.0714. The number of hydrogen-bond acceptors (Lipinski definition) is 5. The first-order valence-electron chi connectivity index (χ1n) is 6.19. The quantitative estimate of drug-likeness (QED) is 0.570. The maximum Gasteiger partial charge on any atom is 0.214 e. The fourth-order valence-corrected chi connectivity index (χ4v) is 3.12. The van der Waals surface area contributed by atoms with Crippen molar-refractivity contribution in [2.75, 3.05) is 7.11 Å². The molecule has 0 spiro atoms. The molecule has 4 aromatic rings. The molecule has 0 aliphatic rings. The highest BCUT2D eigenvalue weighted by molar-refractivity contribution is 7.23. The van der Waals surface area contributed by atoms with Gasteiger partial charge in [0, 0.05) is 24.5 Å². The lowest BCUT2D eigenvalue weighted by Crippen LogP contribution is -1.87. The van der Waals surface area contributed by atoms with Crippen LogP contribution in [-0.2, 0) is 0 Å². The normalized spacial score (nSPS) is 11.3. The van der Waals surface area contributed by atoms with E-state index in [0.717, 1.165) is 15.3 Å². The number of pyridine rings is 2. The van der Waals surface area contributed by atoms with E-state index in [9.17, 15) is 4.39 Å². The van der Waals surface area contributed by atoms with Crippen LogP contribution < -0.4 is 4.74 Å². The molecule has 4 aromatic heterocycles. The van der Waals surface area contributed by atoms with E-state index in [0.29, 0.717) is 17.3 Å². The van der Waals surface area contributed by atoms with Crippen LogP contribution in [0.3, 0.4) is 0 Å². The van der Waals surface area contributed by atoms with Crippen molar-refractivity contribution in [1.29, 1.82) is 0 Å². The Morgan fingerprint density at radius 2 is 2.10 bits per heavy atom. The molecular weight excluding hydrogens is 290 g/mol. The first-order chi connectivity index (χ1) is 10.2. The first-order valence-corrected chi connectivity index (χ1v) is 7.01. The van der Waals surface area contributed by atoms with Gasteiger partial charge in [0.2, 0.25) is 5.88 Å². The van der Waals surface area contributed by atoms with Gasteiger partial charge in [-0.25, -0.2) is 14.4 Å². The van der Waals surface area contributed by atoms with Crippen LogP contribution in [-0.4, -0.2) is 26.5 Å². The minimum Gasteiger partial charge on any atom is -0.481 e. The van der Waals surface area contributed by atoms with Crippen LogP contribution in [0.15, 0.2) is 36.7 Å². The van der Waals surface area contributed by atoms with Crippen LogP contribution in [0.1, 0.15) is 0 Å². The van der Waals surface area contributed by atoms with Gasteiger partial charge in [-0.15, -0.1) is 0 Å². The van der Waals surface area contributed by atoms with E-state index in [1.807, 2.05) is 16.7 Å². The highest BCUT2D eigenvalue weighted by Crippen LogP contribution is 2.29. The number of rotatable bonds is 2. The lowest BCUT2D eigenvalue weighted by molar-refractivity contribution is 0.400. The fourth-order valence-electron chi connectivity index (χ4n) is 2.15. The average Bonchev–Trinajstić information content (AvgIpc) is 3.04. The second-order valence-corrected chi connectivity index (χ2v) is 5.37. The second kappa shape index (κ2) is 4.49. The van der Waals surface area contributed by atoms with Crippen LogP contribution >= 0.6 is 11.3 Å². The molecule has 0 saturated carbocycles. The summed E-state index contributed by atoms with van der Waals surface area (Å²) in [6.07, 6.45) is 3.27. The summed E-state index contributed by atoms with van der Waals surface area (Å²) in [7, 11) is 1.58. The van der Waals surface area contributed by atoms with Crippen molar-refractivity contribution in [3.8, 4) is 17.3 Å². The molecule has 0 amide bonds. The summed E-state index contributed by atoms with van der Waals surface area (Å²) in [5.74, 6) is 0.242. The summed E-state index contributed by atoms with van der Waals surface area (Å²) in [4.78, 5) is 14.6. The van der Waals surface area contributed by atoms with E-state index in [4.69, 9.17) is 4.74 Å². The Morgan fingerprint density at radius 1 is 1.19 bits per heavy atom. The minimum atomic E-state index is -0.326. The van der Waals surface area contributed by atoms with Crippen molar-refractivity contribution >= 4 is 26.6 Å². The maximum absolute atomic E-state index is 13.3. The van der Waals surface area contributed by atoms with Gasteiger partial charge < -0.3 is 4.74 Å². The molecule has 7 heteroatoms. The van der Waals surface area contributed by atoms with Gasteiger partial charge in [0.05, 0.1) is 18.3 Å². The number of ether oxygens (including phenoxy) is 1. The largest absolute Gasteiger partial charge is 0.481 e. The molecule has 0 fully saturated rings. The van der Waals surface area contributed by atoms with Gasteiger partial charge in [0.15, 0.2) is 4.96 Å². The van der Waals surface area contributed by atoms with Crippen molar-refractivity contribution in [2.45, 2.75) is 0 Å². The van der Waals surface area contributed by atoms with Crippen LogP contribution in [0.25, 0.3) is 26.7 Å². The van der Waals surface area contributed by atoms with Crippen molar-refractivity contribution < 1.29 is 9.13 Å². The molecule has 21 heavy (non-hydrogen) atoms. The highest BCUT2D eigenvalue weighted by atomic mass is 32.1. The van der Waals surface area contributed by atoms with Gasteiger partial charge in [-0.1, -0.05) is 11.3 Å². The molecule has 4 rings (SSSR count). The standard InChI is InChI=1S/C14H9FN4OS/c1-20-12-3-2-11-13(18-12)21-14-17-10(7-19(11)14)9-6-8(15)4-5-16-9/h2-7H,1H3/i15-1. The minimum absolute atomic E-state index is 0.326. The summed E-state index contributed by atoms with van der Waals surface area (Å²) in [5, 5.41) is 0. The molecule has 4 heterocycles. The third kappa shape index (κ3) is 1.93. The molecule has 0 atom stereocenters. The Bertz CT molecular complexity index is 962. The van der Waals surface area contributed by atoms with E-state index in [-0.39, 0.29) is 5.82 Å². The topological polar surface area (TPSA) is 52.3 Å². The third-order valence-corrected chi connectivity index (χ3v) is 4.09. The van der Waals surface area contributed by atoms with Gasteiger partial charge in [-0.3, -0.25) is 9.38 Å². The summed E-state index contributed by atoms with van der Waals surface area (Å²) in [6.45, 7) is 0. The van der Waals surface area contributed by atoms with Gasteiger partial charge in [0.1, 0.15) is 16.3 Å². The Labute approximate surface area is 122 Å². The molecular formula is C14H9FN4OS. The monoisotopic (exact) mass is 299 g/mol. The SMILES string of the molecule is COc1ccc2c(n1)sc1nc(-c3cc([18F])ccn3)cn12. The van der Waals surface area contributed by atoms with Crippen molar-refractivity contribution in [3.05, 3.63) is 42.5 Å². The predicted molar refractivity (Wildman–Crippen MR) is 78.1 cm³/mol. The number of hydrogen-bond donors (Lipinski definition) is 0. The Kier molecular flexibility index (Phi) is 2.61. The van der Waals surface area contributed by atoms with Crippen LogP contribution in [0.4, 0.5) is 4.39 Å². The number of thiazole rings is 1. The molecule has 0 aromatic carbocycles. The molecule has 0 N–H and O–H groups in total. The lowest BCUT2D eigenvalue weighted by Gasteiger charge is -1.97. The number of imidazole rings is 1. The van der Waals surface area contributed by atoms with Gasteiger partial charge in [-0.2, -0.15) is 0 Å². The smallest absolute Gasteiger partial charge is 0.214 e. The summed E-state index contributed by atoms with van der Waals surface area (Å²) >= 11 is 1.45. The van der Waals surface area contributed by atoms with Crippen molar-refractivity contribution in [3.63, 3.8) is 0 Å². The summed E-state index contributed by atoms with van der Waals surface area (Å²) < 4.78 is 20.3. The summed E-state index contributed by atoms with van der Waals surface area (Å²) in [6, 6.07) is 6.41. The number of nitrogens with zero attached hydrogens (tertiary/aromatic N) is 4. The van der Waals surface area contributed by atoms with E-state index in [2.05, 4.69) is 15.0 Å². The van der Waals surface area contributed by atoms with Crippen LogP contribution in [0.2, 0.25) is 0 Å². The van der Waals surface area contributed by atoms with Crippen molar-refractivity contribution in [2.24, 2.45) is 0 Å². The lowest BCUT2D eigenvalue weighted by atomic mass is 10.3. The number of methoxy groups -OCH3 is 1. The molecule has 104 valence electrons. The van der Waals surface area contributed by atoms with Crippen molar-refractivity contribution in [1.82, 2.24) is 19.4 Å². The number of aromatic nitrogens is 4. The molecule has 0 saturated heterocycles. The number of halogens is 1. The molecule has 0 bridgehead atoms. The zero-order chi connectivity index (χ0) is 14.4. The zero-order valence-electron chi connectivity index (χ0n) is 10.9. The van der Waals surface area contributed by atoms with Crippen LogP contribution in [0, 0.1) is 5.82 Å². The maximum atomic E-state index is 13.3. The van der Waals surface area contributed by atoms with E-state index >= 15 is 0 Å². The zero-order valence-corrected chi connectivity index (χ0v) is 11.8. The number of fused-ring (bicyclic) bond motifs is 3. The molecule has 0 unspecified atom stereocenters. The predicted octanol–water partition coefficient (Wildman–Crippen LogP) is 3.15. The molecule has 0 aliphatic heterocycles. The van der Waals surface area contributed by atoms with Gasteiger partial charge in [-0.05, 0) is 12.1 Å². The molecule has 5 nitrogen and oxygen atoms in total. The second-order valence-electron chi connectivity index (χ2n) is 4.42. The van der Waals surface area contributed by atoms with Gasteiger partial charge >= 0.3 is 0 Å². The Balaban J connectivity index is 1.91. The molecule has 0 aliphatic carbocycles. The third-order valence-electron chi connectivity index (χ3n) is 3.13. The van der Waals surface area contributed by atoms with E-state index in [1.54, 1.807) is 13.2 Å². The Morgan fingerprint density at radius 3 is 2.90 bits per heavy atom. The Hall–Kier alpha value is -2.54. The van der Waals surface area contributed by atoms with Crippen LogP contribution in [0.5, 0.6) is 5.88 Å². The summed E-state index contributed by atoms with van der Waals surface area (Å²) in [5.41, 5.74) is 2.09. The van der Waals surface area contributed by atoms with E-state index in [1.165, 1.54) is 29.7 Å². The highest BCUT2D eigenvalue weighted by Gasteiger charge is 2.12. The average molecular weight is 299 g/mol. The first kappa shape index (κ1) is 12.2. The van der Waals surface area contributed by atoms with Gasteiger partial charge in [0.25, 0.3) is 0 Å². The molecule has 0 radical (unpaired) electrons. The van der Waals surface area contributed by atoms with E-state index < -0.39 is 0 Å².